The van der Waals surface area contributed by atoms with E-state index in [-0.39, 0.29) is 29.7 Å². The fourth-order valence-electron chi connectivity index (χ4n) is 1.81. The largest absolute Gasteiger partial charge is 0.435 e. The molecule has 0 saturated heterocycles. The lowest BCUT2D eigenvalue weighted by molar-refractivity contribution is -0.0498. The molecule has 1 aromatic carbocycles. The zero-order valence-corrected chi connectivity index (χ0v) is 16.1. The Balaban J connectivity index is 0.00000484. The van der Waals surface area contributed by atoms with Gasteiger partial charge in [0.2, 0.25) is 0 Å². The highest BCUT2D eigenvalue weighted by molar-refractivity contribution is 14.0. The van der Waals surface area contributed by atoms with Gasteiger partial charge in [0.1, 0.15) is 5.75 Å². The van der Waals surface area contributed by atoms with Gasteiger partial charge in [-0.3, -0.25) is 0 Å². The van der Waals surface area contributed by atoms with Crippen LogP contribution in [0.3, 0.4) is 0 Å². The Hall–Kier alpha value is -1.12. The van der Waals surface area contributed by atoms with Crippen LogP contribution < -0.4 is 15.4 Å². The fraction of sp³-hybridized carbons (Fsp3) is 0.562. The lowest BCUT2D eigenvalue weighted by Crippen LogP contribution is -2.38. The third kappa shape index (κ3) is 10.3. The van der Waals surface area contributed by atoms with Gasteiger partial charge in [0.05, 0.1) is 6.54 Å². The summed E-state index contributed by atoms with van der Waals surface area (Å²) >= 11 is 0. The topological polar surface area (TPSA) is 45.7 Å². The van der Waals surface area contributed by atoms with Crippen molar-refractivity contribution in [1.82, 2.24) is 10.6 Å². The van der Waals surface area contributed by atoms with Gasteiger partial charge in [-0.25, -0.2) is 4.99 Å². The number of nitrogens with one attached hydrogen (secondary N) is 2. The van der Waals surface area contributed by atoms with Crippen molar-refractivity contribution in [3.8, 4) is 5.75 Å². The second-order valence-corrected chi connectivity index (χ2v) is 5.33. The molecule has 0 unspecified atom stereocenters. The Labute approximate surface area is 154 Å². The number of nitrogens with zero attached hydrogens (tertiary/aromatic N) is 1. The second-order valence-electron chi connectivity index (χ2n) is 5.33. The molecule has 0 amide bonds. The summed E-state index contributed by atoms with van der Waals surface area (Å²) < 4.78 is 28.8. The van der Waals surface area contributed by atoms with E-state index in [0.717, 1.165) is 31.0 Å². The minimum absolute atomic E-state index is 0. The summed E-state index contributed by atoms with van der Waals surface area (Å²) in [4.78, 5) is 4.45. The summed E-state index contributed by atoms with van der Waals surface area (Å²) in [7, 11) is 0. The first-order valence-electron chi connectivity index (χ1n) is 7.57. The maximum Gasteiger partial charge on any atom is 0.387 e. The van der Waals surface area contributed by atoms with Crippen LogP contribution in [-0.2, 0) is 6.54 Å². The van der Waals surface area contributed by atoms with Crippen LogP contribution in [0.2, 0.25) is 0 Å². The van der Waals surface area contributed by atoms with Crippen molar-refractivity contribution in [3.05, 3.63) is 29.8 Å². The average molecular weight is 441 g/mol. The average Bonchev–Trinajstić information content (AvgIpc) is 2.44. The molecule has 0 fully saturated rings. The number of hydrogen-bond acceptors (Lipinski definition) is 2. The van der Waals surface area contributed by atoms with Crippen molar-refractivity contribution in [1.29, 1.82) is 0 Å². The number of aliphatic imine (C=N–C) groups is 1. The molecule has 0 saturated carbocycles. The SMILES string of the molecule is CCNC(=NCc1cccc(OC(F)F)c1)NCCC(C)C.I. The first-order valence-corrected chi connectivity index (χ1v) is 7.57. The minimum atomic E-state index is -2.81. The van der Waals surface area contributed by atoms with Crippen molar-refractivity contribution in [2.45, 2.75) is 40.3 Å². The smallest absolute Gasteiger partial charge is 0.387 e. The van der Waals surface area contributed by atoms with Gasteiger partial charge in [-0.1, -0.05) is 26.0 Å². The number of rotatable bonds is 8. The van der Waals surface area contributed by atoms with Crippen molar-refractivity contribution in [2.24, 2.45) is 10.9 Å². The molecule has 0 spiro atoms. The van der Waals surface area contributed by atoms with E-state index >= 15 is 0 Å². The van der Waals surface area contributed by atoms with Crippen molar-refractivity contribution >= 4 is 29.9 Å². The Kier molecular flexibility index (Phi) is 11.7. The molecule has 2 N–H and O–H groups in total. The molecule has 0 aromatic heterocycles. The zero-order valence-electron chi connectivity index (χ0n) is 13.8. The summed E-state index contributed by atoms with van der Waals surface area (Å²) in [5.74, 6) is 1.50. The molecule has 23 heavy (non-hydrogen) atoms. The zero-order chi connectivity index (χ0) is 16.4. The van der Waals surface area contributed by atoms with Crippen LogP contribution in [0.5, 0.6) is 5.75 Å². The minimum Gasteiger partial charge on any atom is -0.435 e. The number of benzene rings is 1. The molecule has 132 valence electrons. The quantitative estimate of drug-likeness (QED) is 0.364. The monoisotopic (exact) mass is 441 g/mol. The summed E-state index contributed by atoms with van der Waals surface area (Å²) in [6.45, 7) is 5.53. The van der Waals surface area contributed by atoms with Gasteiger partial charge in [0, 0.05) is 13.1 Å². The van der Waals surface area contributed by atoms with Crippen molar-refractivity contribution < 1.29 is 13.5 Å². The molecular weight excluding hydrogens is 415 g/mol. The molecule has 1 aromatic rings. The maximum absolute atomic E-state index is 12.2. The Bertz CT molecular complexity index is 470. The van der Waals surface area contributed by atoms with Crippen LogP contribution in [0.15, 0.2) is 29.3 Å². The molecule has 0 heterocycles. The van der Waals surface area contributed by atoms with Crippen LogP contribution >= 0.6 is 24.0 Å². The van der Waals surface area contributed by atoms with Crippen LogP contribution in [0.1, 0.15) is 32.8 Å². The molecule has 0 bridgehead atoms. The highest BCUT2D eigenvalue weighted by atomic mass is 127. The van der Waals surface area contributed by atoms with Gasteiger partial charge < -0.3 is 15.4 Å². The van der Waals surface area contributed by atoms with Gasteiger partial charge in [-0.05, 0) is 37.0 Å². The summed E-state index contributed by atoms with van der Waals surface area (Å²) in [5, 5.41) is 6.42. The van der Waals surface area contributed by atoms with Gasteiger partial charge in [-0.15, -0.1) is 24.0 Å². The molecule has 1 rings (SSSR count). The van der Waals surface area contributed by atoms with Gasteiger partial charge >= 0.3 is 6.61 Å². The standard InChI is InChI=1S/C16H25F2N3O.HI/c1-4-19-16(20-9-8-12(2)3)21-11-13-6-5-7-14(10-13)22-15(17)18;/h5-7,10,12,15H,4,8-9,11H2,1-3H3,(H2,19,20,21);1H. The highest BCUT2D eigenvalue weighted by Crippen LogP contribution is 2.16. The molecule has 0 aliphatic carbocycles. The predicted octanol–water partition coefficient (Wildman–Crippen LogP) is 4.01. The predicted molar refractivity (Wildman–Crippen MR) is 101 cm³/mol. The van der Waals surface area contributed by atoms with Crippen molar-refractivity contribution in [2.75, 3.05) is 13.1 Å². The Morgan fingerprint density at radius 1 is 1.26 bits per heavy atom. The first-order chi connectivity index (χ1) is 10.5. The van der Waals surface area contributed by atoms with E-state index in [0.29, 0.717) is 12.5 Å². The number of guanidine groups is 1. The molecule has 7 heteroatoms. The van der Waals surface area contributed by atoms with E-state index in [1.807, 2.05) is 13.0 Å². The third-order valence-corrected chi connectivity index (χ3v) is 2.90. The lowest BCUT2D eigenvalue weighted by atomic mass is 10.1. The van der Waals surface area contributed by atoms with Crippen LogP contribution in [-0.4, -0.2) is 25.7 Å². The fourth-order valence-corrected chi connectivity index (χ4v) is 1.81. The number of alkyl halides is 2. The van der Waals surface area contributed by atoms with Crippen LogP contribution in [0.4, 0.5) is 8.78 Å². The number of hydrogen-bond donors (Lipinski definition) is 2. The summed E-state index contributed by atoms with van der Waals surface area (Å²) in [6.07, 6.45) is 1.06. The molecular formula is C16H26F2IN3O. The second kappa shape index (κ2) is 12.3. The molecule has 0 atom stereocenters. The maximum atomic E-state index is 12.2. The van der Waals surface area contributed by atoms with E-state index in [2.05, 4.69) is 34.2 Å². The lowest BCUT2D eigenvalue weighted by Gasteiger charge is -2.12. The Morgan fingerprint density at radius 3 is 2.61 bits per heavy atom. The summed E-state index contributed by atoms with van der Waals surface area (Å²) in [6, 6.07) is 6.60. The first kappa shape index (κ1) is 21.9. The molecule has 0 aliphatic rings. The summed E-state index contributed by atoms with van der Waals surface area (Å²) in [5.41, 5.74) is 0.819. The van der Waals surface area contributed by atoms with Gasteiger partial charge in [-0.2, -0.15) is 8.78 Å². The highest BCUT2D eigenvalue weighted by Gasteiger charge is 2.05. The number of ether oxygens (including phenoxy) is 1. The molecule has 4 nitrogen and oxygen atoms in total. The van der Waals surface area contributed by atoms with E-state index in [9.17, 15) is 8.78 Å². The van der Waals surface area contributed by atoms with Crippen LogP contribution in [0, 0.1) is 5.92 Å². The van der Waals surface area contributed by atoms with Gasteiger partial charge in [0.15, 0.2) is 5.96 Å². The van der Waals surface area contributed by atoms with Crippen LogP contribution in [0.25, 0.3) is 0 Å². The molecule has 0 aliphatic heterocycles. The van der Waals surface area contributed by atoms with E-state index in [1.54, 1.807) is 12.1 Å². The normalized spacial score (nSPS) is 11.3. The van der Waals surface area contributed by atoms with E-state index < -0.39 is 6.61 Å². The van der Waals surface area contributed by atoms with Crippen molar-refractivity contribution in [3.63, 3.8) is 0 Å². The molecule has 0 radical (unpaired) electrons. The van der Waals surface area contributed by atoms with E-state index in [4.69, 9.17) is 0 Å². The Morgan fingerprint density at radius 2 is 2.00 bits per heavy atom. The van der Waals surface area contributed by atoms with Gasteiger partial charge in [0.25, 0.3) is 0 Å². The third-order valence-electron chi connectivity index (χ3n) is 2.90. The van der Waals surface area contributed by atoms with E-state index in [1.165, 1.54) is 6.07 Å². The number of halogens is 3.